The summed E-state index contributed by atoms with van der Waals surface area (Å²) >= 11 is 0. The second kappa shape index (κ2) is 3.74. The van der Waals surface area contributed by atoms with Gasteiger partial charge in [0.1, 0.15) is 0 Å². The zero-order chi connectivity index (χ0) is 10.0. The molecule has 1 heterocycles. The summed E-state index contributed by atoms with van der Waals surface area (Å²) in [5.41, 5.74) is 0. The first kappa shape index (κ1) is 9.98. The van der Waals surface area contributed by atoms with Crippen LogP contribution < -0.4 is 0 Å². The fourth-order valence-electron chi connectivity index (χ4n) is 1.19. The van der Waals surface area contributed by atoms with Crippen LogP contribution in [-0.2, 0) is 9.59 Å². The van der Waals surface area contributed by atoms with Crippen molar-refractivity contribution < 1.29 is 14.7 Å². The SMILES string of the molecule is CN(C)C(=O)CN1CC(C(=O)O)C1. The summed E-state index contributed by atoms with van der Waals surface area (Å²) in [5, 5.41) is 8.57. The number of carboxylic acid groups (broad SMARTS) is 1. The molecule has 1 amide bonds. The highest BCUT2D eigenvalue weighted by atomic mass is 16.4. The van der Waals surface area contributed by atoms with E-state index >= 15 is 0 Å². The smallest absolute Gasteiger partial charge is 0.309 e. The minimum absolute atomic E-state index is 0.0174. The predicted molar refractivity (Wildman–Crippen MR) is 46.3 cm³/mol. The number of likely N-dealkylation sites (tertiary alicyclic amines) is 1. The number of likely N-dealkylation sites (N-methyl/N-ethyl adjacent to an activating group) is 1. The third-order valence-corrected chi connectivity index (χ3v) is 2.16. The number of rotatable bonds is 3. The molecule has 0 aliphatic carbocycles. The van der Waals surface area contributed by atoms with E-state index in [1.54, 1.807) is 14.1 Å². The molecule has 1 aliphatic rings. The fraction of sp³-hybridized carbons (Fsp3) is 0.750. The molecule has 0 aromatic heterocycles. The predicted octanol–water partition coefficient (Wildman–Crippen LogP) is -0.909. The van der Waals surface area contributed by atoms with E-state index in [-0.39, 0.29) is 11.8 Å². The molecule has 0 spiro atoms. The maximum Gasteiger partial charge on any atom is 0.309 e. The van der Waals surface area contributed by atoms with E-state index in [1.807, 2.05) is 4.90 Å². The van der Waals surface area contributed by atoms with Crippen molar-refractivity contribution in [3.05, 3.63) is 0 Å². The van der Waals surface area contributed by atoms with Crippen LogP contribution in [0.1, 0.15) is 0 Å². The quantitative estimate of drug-likeness (QED) is 0.620. The van der Waals surface area contributed by atoms with Crippen molar-refractivity contribution in [1.29, 1.82) is 0 Å². The number of carbonyl (C=O) groups excluding carboxylic acids is 1. The summed E-state index contributed by atoms with van der Waals surface area (Å²) in [5.74, 6) is -1.03. The molecule has 1 saturated heterocycles. The van der Waals surface area contributed by atoms with Crippen molar-refractivity contribution in [2.75, 3.05) is 33.7 Å². The second-order valence-electron chi connectivity index (χ2n) is 3.52. The summed E-state index contributed by atoms with van der Waals surface area (Å²) in [7, 11) is 3.38. The standard InChI is InChI=1S/C8H14N2O3/c1-9(2)7(11)5-10-3-6(4-10)8(12)13/h6H,3-5H2,1-2H3,(H,12,13). The van der Waals surface area contributed by atoms with Crippen molar-refractivity contribution in [3.8, 4) is 0 Å². The average molecular weight is 186 g/mol. The molecule has 0 bridgehead atoms. The minimum Gasteiger partial charge on any atom is -0.481 e. The first-order chi connectivity index (χ1) is 6.00. The van der Waals surface area contributed by atoms with Gasteiger partial charge in [-0.1, -0.05) is 0 Å². The molecule has 0 aromatic rings. The second-order valence-corrected chi connectivity index (χ2v) is 3.52. The molecule has 0 unspecified atom stereocenters. The van der Waals surface area contributed by atoms with Crippen LogP contribution in [0.15, 0.2) is 0 Å². The van der Waals surface area contributed by atoms with Crippen LogP contribution in [0.5, 0.6) is 0 Å². The summed E-state index contributed by atoms with van der Waals surface area (Å²) in [6, 6.07) is 0. The van der Waals surface area contributed by atoms with Crippen molar-refractivity contribution in [2.45, 2.75) is 0 Å². The number of amides is 1. The molecular formula is C8H14N2O3. The van der Waals surface area contributed by atoms with Crippen LogP contribution in [-0.4, -0.2) is 60.5 Å². The van der Waals surface area contributed by atoms with Crippen LogP contribution >= 0.6 is 0 Å². The first-order valence-corrected chi connectivity index (χ1v) is 4.16. The summed E-state index contributed by atoms with van der Waals surface area (Å²) in [6.07, 6.45) is 0. The van der Waals surface area contributed by atoms with Crippen molar-refractivity contribution in [1.82, 2.24) is 9.80 Å². The van der Waals surface area contributed by atoms with Gasteiger partial charge < -0.3 is 10.0 Å². The largest absolute Gasteiger partial charge is 0.481 e. The number of carboxylic acids is 1. The highest BCUT2D eigenvalue weighted by Crippen LogP contribution is 2.14. The zero-order valence-corrected chi connectivity index (χ0v) is 7.86. The van der Waals surface area contributed by atoms with E-state index in [0.717, 1.165) is 0 Å². The monoisotopic (exact) mass is 186 g/mol. The lowest BCUT2D eigenvalue weighted by Gasteiger charge is -2.36. The van der Waals surface area contributed by atoms with Crippen LogP contribution in [0.3, 0.4) is 0 Å². The lowest BCUT2D eigenvalue weighted by molar-refractivity contribution is -0.149. The first-order valence-electron chi connectivity index (χ1n) is 4.16. The third-order valence-electron chi connectivity index (χ3n) is 2.16. The van der Waals surface area contributed by atoms with Gasteiger partial charge >= 0.3 is 5.97 Å². The van der Waals surface area contributed by atoms with Gasteiger partial charge in [-0.25, -0.2) is 0 Å². The molecule has 5 heteroatoms. The van der Waals surface area contributed by atoms with Crippen LogP contribution in [0, 0.1) is 5.92 Å². The Hall–Kier alpha value is -1.10. The maximum atomic E-state index is 11.2. The van der Waals surface area contributed by atoms with Crippen LogP contribution in [0.2, 0.25) is 0 Å². The van der Waals surface area contributed by atoms with Gasteiger partial charge in [0.15, 0.2) is 0 Å². The number of nitrogens with zero attached hydrogens (tertiary/aromatic N) is 2. The normalized spacial score (nSPS) is 18.0. The number of hydrogen-bond acceptors (Lipinski definition) is 3. The molecule has 1 fully saturated rings. The molecule has 1 rings (SSSR count). The molecule has 74 valence electrons. The Bertz CT molecular complexity index is 221. The van der Waals surface area contributed by atoms with E-state index in [9.17, 15) is 9.59 Å². The lowest BCUT2D eigenvalue weighted by atomic mass is 10.0. The van der Waals surface area contributed by atoms with E-state index in [4.69, 9.17) is 5.11 Å². The Kier molecular flexibility index (Phi) is 2.87. The van der Waals surface area contributed by atoms with Gasteiger partial charge in [-0.15, -0.1) is 0 Å². The average Bonchev–Trinajstić information content (AvgIpc) is 1.94. The molecule has 5 nitrogen and oxygen atoms in total. The Balaban J connectivity index is 2.22. The van der Waals surface area contributed by atoms with Gasteiger partial charge in [0, 0.05) is 27.2 Å². The summed E-state index contributed by atoms with van der Waals surface area (Å²) in [6.45, 7) is 1.32. The molecular weight excluding hydrogens is 172 g/mol. The molecule has 0 aromatic carbocycles. The molecule has 13 heavy (non-hydrogen) atoms. The van der Waals surface area contributed by atoms with Gasteiger partial charge in [0.2, 0.25) is 5.91 Å². The van der Waals surface area contributed by atoms with E-state index in [1.165, 1.54) is 4.90 Å². The summed E-state index contributed by atoms with van der Waals surface area (Å²) in [4.78, 5) is 24.9. The van der Waals surface area contributed by atoms with E-state index in [2.05, 4.69) is 0 Å². The number of hydrogen-bond donors (Lipinski definition) is 1. The molecule has 0 atom stereocenters. The maximum absolute atomic E-state index is 11.2. The van der Waals surface area contributed by atoms with Gasteiger partial charge in [-0.2, -0.15) is 0 Å². The highest BCUT2D eigenvalue weighted by Gasteiger charge is 2.33. The molecule has 0 saturated carbocycles. The fourth-order valence-corrected chi connectivity index (χ4v) is 1.19. The Morgan fingerprint density at radius 3 is 2.38 bits per heavy atom. The topological polar surface area (TPSA) is 60.9 Å². The number of carbonyl (C=O) groups is 2. The van der Waals surface area contributed by atoms with Gasteiger partial charge in [0.25, 0.3) is 0 Å². The zero-order valence-electron chi connectivity index (χ0n) is 7.86. The van der Waals surface area contributed by atoms with Gasteiger partial charge in [-0.05, 0) is 0 Å². The van der Waals surface area contributed by atoms with Crippen molar-refractivity contribution >= 4 is 11.9 Å². The third kappa shape index (κ3) is 2.42. The lowest BCUT2D eigenvalue weighted by Crippen LogP contribution is -2.53. The Morgan fingerprint density at radius 2 is 2.00 bits per heavy atom. The molecule has 1 aliphatic heterocycles. The summed E-state index contributed by atoms with van der Waals surface area (Å²) < 4.78 is 0. The van der Waals surface area contributed by atoms with E-state index in [0.29, 0.717) is 19.6 Å². The van der Waals surface area contributed by atoms with Crippen LogP contribution in [0.25, 0.3) is 0 Å². The Labute approximate surface area is 76.9 Å². The van der Waals surface area contributed by atoms with Gasteiger partial charge in [-0.3, -0.25) is 14.5 Å². The highest BCUT2D eigenvalue weighted by molar-refractivity contribution is 5.78. The minimum atomic E-state index is -0.770. The molecule has 0 radical (unpaired) electrons. The van der Waals surface area contributed by atoms with Crippen molar-refractivity contribution in [3.63, 3.8) is 0 Å². The number of aliphatic carboxylic acids is 1. The van der Waals surface area contributed by atoms with Crippen molar-refractivity contribution in [2.24, 2.45) is 5.92 Å². The van der Waals surface area contributed by atoms with Crippen LogP contribution in [0.4, 0.5) is 0 Å². The van der Waals surface area contributed by atoms with Gasteiger partial charge in [0.05, 0.1) is 12.5 Å². The molecule has 1 N–H and O–H groups in total. The van der Waals surface area contributed by atoms with E-state index < -0.39 is 5.97 Å². The Morgan fingerprint density at radius 1 is 1.46 bits per heavy atom.